The van der Waals surface area contributed by atoms with E-state index in [1.165, 1.54) is 71.8 Å². The van der Waals surface area contributed by atoms with Crippen molar-refractivity contribution in [1.82, 2.24) is 4.57 Å². The van der Waals surface area contributed by atoms with Crippen LogP contribution in [-0.4, -0.2) is 4.57 Å². The number of furan rings is 1. The molecule has 13 aromatic rings. The van der Waals surface area contributed by atoms with E-state index in [4.69, 9.17) is 4.42 Å². The van der Waals surface area contributed by atoms with E-state index in [1.807, 2.05) is 6.07 Å². The van der Waals surface area contributed by atoms with Crippen molar-refractivity contribution in [3.8, 4) is 50.2 Å². The van der Waals surface area contributed by atoms with Gasteiger partial charge >= 0.3 is 0 Å². The molecule has 2 heterocycles. The van der Waals surface area contributed by atoms with E-state index in [-0.39, 0.29) is 0 Å². The minimum absolute atomic E-state index is 0.886. The van der Waals surface area contributed by atoms with Crippen LogP contribution in [0.25, 0.3) is 105 Å². The number of anilines is 3. The lowest BCUT2D eigenvalue weighted by Gasteiger charge is -2.27. The molecule has 0 N–H and O–H groups in total. The minimum Gasteiger partial charge on any atom is -0.456 e. The number of hydrogen-bond acceptors (Lipinski definition) is 2. The van der Waals surface area contributed by atoms with Gasteiger partial charge in [-0.3, -0.25) is 0 Å². The maximum atomic E-state index is 6.41. The summed E-state index contributed by atoms with van der Waals surface area (Å²) in [5.41, 5.74) is 18.1. The molecule has 3 heteroatoms. The van der Waals surface area contributed by atoms with E-state index in [0.717, 1.165) is 50.0 Å². The molecule has 3 nitrogen and oxygen atoms in total. The third-order valence-electron chi connectivity index (χ3n) is 13.4. The molecular formula is C64H42N2O. The first-order chi connectivity index (χ1) is 33.2. The summed E-state index contributed by atoms with van der Waals surface area (Å²) in [6.07, 6.45) is 0. The highest BCUT2D eigenvalue weighted by atomic mass is 16.3. The van der Waals surface area contributed by atoms with Gasteiger partial charge in [-0.2, -0.15) is 0 Å². The molecule has 0 aliphatic carbocycles. The molecule has 2 aromatic heterocycles. The molecule has 0 unspecified atom stereocenters. The normalized spacial score (nSPS) is 11.6. The molecule has 0 spiro atoms. The van der Waals surface area contributed by atoms with Gasteiger partial charge in [0.2, 0.25) is 0 Å². The molecule has 0 aliphatic rings. The molecule has 0 saturated carbocycles. The Hall–Kier alpha value is -8.92. The fourth-order valence-electron chi connectivity index (χ4n) is 10.1. The second-order valence-corrected chi connectivity index (χ2v) is 17.3. The van der Waals surface area contributed by atoms with Crippen LogP contribution < -0.4 is 4.90 Å². The second-order valence-electron chi connectivity index (χ2n) is 17.3. The number of nitrogens with zero attached hydrogens (tertiary/aromatic N) is 2. The molecule has 0 atom stereocenters. The van der Waals surface area contributed by atoms with E-state index in [2.05, 4.69) is 258 Å². The van der Waals surface area contributed by atoms with Gasteiger partial charge in [0.15, 0.2) is 0 Å². The molecule has 0 amide bonds. The van der Waals surface area contributed by atoms with Crippen molar-refractivity contribution in [2.45, 2.75) is 0 Å². The zero-order valence-electron chi connectivity index (χ0n) is 36.6. The van der Waals surface area contributed by atoms with E-state index in [9.17, 15) is 0 Å². The maximum Gasteiger partial charge on any atom is 0.136 e. The Labute approximate surface area is 388 Å². The van der Waals surface area contributed by atoms with E-state index >= 15 is 0 Å². The molecule has 11 aromatic carbocycles. The zero-order chi connectivity index (χ0) is 44.3. The summed E-state index contributed by atoms with van der Waals surface area (Å²) in [5, 5.41) is 7.09. The highest BCUT2D eigenvalue weighted by molar-refractivity contribution is 6.23. The van der Waals surface area contributed by atoms with Crippen molar-refractivity contribution >= 4 is 71.6 Å². The van der Waals surface area contributed by atoms with Crippen molar-refractivity contribution in [3.05, 3.63) is 255 Å². The molecule has 0 aliphatic heterocycles. The Bertz CT molecular complexity index is 3920. The monoisotopic (exact) mass is 854 g/mol. The SMILES string of the molecule is c1ccc(-c2ccc(N(c3ccc(-c4ccc(-c5ccc(-c6ccc7c(c6)c6ccccc6n7-c6ccccc6)cc5)cc4)cc3)c3cccc4ccc5oc6ccccc6c5c34)cc2)cc1. The summed E-state index contributed by atoms with van der Waals surface area (Å²) in [7, 11) is 0. The number of fused-ring (bicyclic) bond motifs is 8. The fourth-order valence-corrected chi connectivity index (χ4v) is 10.1. The van der Waals surface area contributed by atoms with Gasteiger partial charge in [0.05, 0.1) is 16.7 Å². The number of hydrogen-bond donors (Lipinski definition) is 0. The number of para-hydroxylation sites is 3. The summed E-state index contributed by atoms with van der Waals surface area (Å²) in [6.45, 7) is 0. The Morgan fingerprint density at radius 1 is 0.299 bits per heavy atom. The first kappa shape index (κ1) is 38.5. The zero-order valence-corrected chi connectivity index (χ0v) is 36.6. The lowest BCUT2D eigenvalue weighted by Crippen LogP contribution is -2.10. The molecule has 0 bridgehead atoms. The van der Waals surface area contributed by atoms with Gasteiger partial charge in [-0.15, -0.1) is 0 Å². The highest BCUT2D eigenvalue weighted by Crippen LogP contribution is 2.45. The van der Waals surface area contributed by atoms with Crippen LogP contribution in [0.15, 0.2) is 259 Å². The minimum atomic E-state index is 0.886. The summed E-state index contributed by atoms with van der Waals surface area (Å²) >= 11 is 0. The quantitative estimate of drug-likeness (QED) is 0.152. The predicted molar refractivity (Wildman–Crippen MR) is 282 cm³/mol. The largest absolute Gasteiger partial charge is 0.456 e. The summed E-state index contributed by atoms with van der Waals surface area (Å²) in [4.78, 5) is 2.38. The Kier molecular flexibility index (Phi) is 9.17. The third-order valence-corrected chi connectivity index (χ3v) is 13.4. The molecule has 13 rings (SSSR count). The fraction of sp³-hybridized carbons (Fsp3) is 0. The summed E-state index contributed by atoms with van der Waals surface area (Å²) in [6, 6.07) is 91.8. The van der Waals surface area contributed by atoms with Crippen LogP contribution in [0.1, 0.15) is 0 Å². The summed E-state index contributed by atoms with van der Waals surface area (Å²) < 4.78 is 8.78. The van der Waals surface area contributed by atoms with Crippen molar-refractivity contribution in [2.75, 3.05) is 4.90 Å². The Balaban J connectivity index is 0.820. The van der Waals surface area contributed by atoms with Crippen molar-refractivity contribution in [3.63, 3.8) is 0 Å². The van der Waals surface area contributed by atoms with Crippen LogP contribution in [0.3, 0.4) is 0 Å². The molecule has 67 heavy (non-hydrogen) atoms. The van der Waals surface area contributed by atoms with Gasteiger partial charge in [-0.25, -0.2) is 0 Å². The van der Waals surface area contributed by atoms with Gasteiger partial charge in [0.1, 0.15) is 11.2 Å². The van der Waals surface area contributed by atoms with Crippen LogP contribution >= 0.6 is 0 Å². The van der Waals surface area contributed by atoms with Crippen molar-refractivity contribution in [2.24, 2.45) is 0 Å². The van der Waals surface area contributed by atoms with Gasteiger partial charge in [0, 0.05) is 44.0 Å². The smallest absolute Gasteiger partial charge is 0.136 e. The van der Waals surface area contributed by atoms with Crippen LogP contribution in [0.5, 0.6) is 0 Å². The molecule has 314 valence electrons. The standard InChI is InChI=1S/C64H42N2O/c1-3-12-43(13-4-1)47-30-36-53(37-31-47)65(60-20-11-14-50-35-41-62-64(63(50)60)56-18-8-10-21-61(56)67-62)54-38-32-48(33-39-54)46-24-22-44(23-25-46)45-26-28-49(29-27-45)51-34-40-59-57(42-51)55-17-7-9-19-58(55)66(59)52-15-5-2-6-16-52/h1-42H. The highest BCUT2D eigenvalue weighted by Gasteiger charge is 2.20. The van der Waals surface area contributed by atoms with E-state index in [1.54, 1.807) is 0 Å². The van der Waals surface area contributed by atoms with Crippen molar-refractivity contribution in [1.29, 1.82) is 0 Å². The van der Waals surface area contributed by atoms with E-state index in [0.29, 0.717) is 0 Å². The topological polar surface area (TPSA) is 21.3 Å². The van der Waals surface area contributed by atoms with Crippen LogP contribution in [-0.2, 0) is 0 Å². The average molecular weight is 855 g/mol. The lowest BCUT2D eigenvalue weighted by molar-refractivity contribution is 0.669. The van der Waals surface area contributed by atoms with E-state index < -0.39 is 0 Å². The van der Waals surface area contributed by atoms with Crippen LogP contribution in [0.4, 0.5) is 17.1 Å². The molecule has 0 saturated heterocycles. The second kappa shape index (κ2) is 16.0. The third kappa shape index (κ3) is 6.67. The summed E-state index contributed by atoms with van der Waals surface area (Å²) in [5.74, 6) is 0. The number of aromatic nitrogens is 1. The Morgan fingerprint density at radius 3 is 1.43 bits per heavy atom. The van der Waals surface area contributed by atoms with Gasteiger partial charge in [0.25, 0.3) is 0 Å². The number of rotatable bonds is 8. The van der Waals surface area contributed by atoms with Gasteiger partial charge < -0.3 is 13.9 Å². The molecule has 0 radical (unpaired) electrons. The van der Waals surface area contributed by atoms with Gasteiger partial charge in [-0.05, 0) is 123 Å². The number of benzene rings is 11. The van der Waals surface area contributed by atoms with Crippen LogP contribution in [0, 0.1) is 0 Å². The maximum absolute atomic E-state index is 6.41. The average Bonchev–Trinajstić information content (AvgIpc) is 3.96. The first-order valence-electron chi connectivity index (χ1n) is 22.9. The lowest BCUT2D eigenvalue weighted by atomic mass is 9.97. The van der Waals surface area contributed by atoms with Crippen molar-refractivity contribution < 1.29 is 4.42 Å². The van der Waals surface area contributed by atoms with Gasteiger partial charge in [-0.1, -0.05) is 182 Å². The molecular weight excluding hydrogens is 813 g/mol. The first-order valence-corrected chi connectivity index (χ1v) is 22.9. The molecule has 0 fully saturated rings. The van der Waals surface area contributed by atoms with Crippen LogP contribution in [0.2, 0.25) is 0 Å². The predicted octanol–water partition coefficient (Wildman–Crippen LogP) is 18.0. The Morgan fingerprint density at radius 2 is 0.791 bits per heavy atom.